The highest BCUT2D eigenvalue weighted by molar-refractivity contribution is 5.90. The van der Waals surface area contributed by atoms with Gasteiger partial charge in [-0.1, -0.05) is 41.5 Å². The molecular formula is C20H19N3O5. The Bertz CT molecular complexity index is 868. The lowest BCUT2D eigenvalue weighted by Crippen LogP contribution is -2.50. The van der Waals surface area contributed by atoms with Crippen molar-refractivity contribution in [3.63, 3.8) is 0 Å². The molecule has 1 fully saturated rings. The maximum atomic E-state index is 12.5. The van der Waals surface area contributed by atoms with Gasteiger partial charge in [-0.15, -0.1) is 0 Å². The Kier molecular flexibility index (Phi) is 6.26. The average Bonchev–Trinajstić information content (AvgIpc) is 2.71. The number of ether oxygens (including phenoxy) is 3. The molecule has 2 aromatic rings. The number of rotatable bonds is 5. The van der Waals surface area contributed by atoms with Crippen LogP contribution < -0.4 is 0 Å². The zero-order valence-electron chi connectivity index (χ0n) is 15.2. The number of esters is 2. The summed E-state index contributed by atoms with van der Waals surface area (Å²) in [7, 11) is 0. The van der Waals surface area contributed by atoms with Crippen LogP contribution >= 0.6 is 0 Å². The molecule has 1 saturated heterocycles. The van der Waals surface area contributed by atoms with Gasteiger partial charge >= 0.3 is 11.9 Å². The standard InChI is InChI=1S/C20H19N3O5/c1-13-12-16(22-23-21)17(27-18(24)14-8-4-2-5-9-14)20(26-13)28-19(25)15-10-6-3-7-11-15/h2-11,13,16-17,20H,12H2,1H3/t13-,16+,17-,20-/m1/s1. The summed E-state index contributed by atoms with van der Waals surface area (Å²) in [5.41, 5.74) is 9.55. The molecule has 4 atom stereocenters. The fourth-order valence-electron chi connectivity index (χ4n) is 2.94. The van der Waals surface area contributed by atoms with Crippen LogP contribution in [0.25, 0.3) is 10.4 Å². The third kappa shape index (κ3) is 4.68. The molecule has 1 aliphatic heterocycles. The molecule has 2 aromatic carbocycles. The average molecular weight is 381 g/mol. The first-order chi connectivity index (χ1) is 13.6. The Morgan fingerprint density at radius 3 is 2.07 bits per heavy atom. The van der Waals surface area contributed by atoms with E-state index >= 15 is 0 Å². The molecular weight excluding hydrogens is 362 g/mol. The van der Waals surface area contributed by atoms with Crippen molar-refractivity contribution in [2.45, 2.75) is 37.9 Å². The Balaban J connectivity index is 1.82. The van der Waals surface area contributed by atoms with Crippen molar-refractivity contribution in [3.05, 3.63) is 82.2 Å². The van der Waals surface area contributed by atoms with Crippen LogP contribution in [0.3, 0.4) is 0 Å². The molecule has 0 saturated carbocycles. The monoisotopic (exact) mass is 381 g/mol. The van der Waals surface area contributed by atoms with Crippen LogP contribution in [-0.4, -0.2) is 36.5 Å². The predicted molar refractivity (Wildman–Crippen MR) is 99.4 cm³/mol. The van der Waals surface area contributed by atoms with Gasteiger partial charge in [0.15, 0.2) is 6.10 Å². The second-order valence-corrected chi connectivity index (χ2v) is 6.33. The Hall–Kier alpha value is -3.35. The third-order valence-corrected chi connectivity index (χ3v) is 4.27. The molecule has 28 heavy (non-hydrogen) atoms. The molecule has 1 heterocycles. The number of hydrogen-bond acceptors (Lipinski definition) is 6. The number of benzene rings is 2. The van der Waals surface area contributed by atoms with E-state index in [1.807, 2.05) is 0 Å². The van der Waals surface area contributed by atoms with Gasteiger partial charge in [0.05, 0.1) is 23.3 Å². The summed E-state index contributed by atoms with van der Waals surface area (Å²) in [6.45, 7) is 1.76. The van der Waals surface area contributed by atoms with E-state index in [-0.39, 0.29) is 6.10 Å². The lowest BCUT2D eigenvalue weighted by Gasteiger charge is -2.37. The van der Waals surface area contributed by atoms with Crippen LogP contribution in [0.4, 0.5) is 0 Å². The number of carbonyl (C=O) groups excluding carboxylic acids is 2. The van der Waals surface area contributed by atoms with E-state index < -0.39 is 30.4 Å². The summed E-state index contributed by atoms with van der Waals surface area (Å²) in [5, 5.41) is 3.72. The van der Waals surface area contributed by atoms with Crippen LogP contribution in [0.15, 0.2) is 65.8 Å². The zero-order chi connectivity index (χ0) is 19.9. The SMILES string of the molecule is C[C@@H]1C[C@H](N=[N+]=[N-])[C@@H](OC(=O)c2ccccc2)[C@@H](OC(=O)c2ccccc2)O1. The maximum Gasteiger partial charge on any atom is 0.340 e. The molecule has 0 bridgehead atoms. The first-order valence-electron chi connectivity index (χ1n) is 8.80. The lowest BCUT2D eigenvalue weighted by atomic mass is 10.0. The molecule has 0 radical (unpaired) electrons. The molecule has 0 unspecified atom stereocenters. The van der Waals surface area contributed by atoms with Gasteiger partial charge < -0.3 is 14.2 Å². The van der Waals surface area contributed by atoms with Gasteiger partial charge in [-0.05, 0) is 43.1 Å². The molecule has 0 aromatic heterocycles. The first-order valence-corrected chi connectivity index (χ1v) is 8.80. The summed E-state index contributed by atoms with van der Waals surface area (Å²) in [6, 6.07) is 16.0. The van der Waals surface area contributed by atoms with E-state index in [1.54, 1.807) is 67.6 Å². The van der Waals surface area contributed by atoms with Crippen molar-refractivity contribution in [2.24, 2.45) is 5.11 Å². The number of carbonyl (C=O) groups is 2. The van der Waals surface area contributed by atoms with E-state index in [2.05, 4.69) is 10.0 Å². The normalized spacial score (nSPS) is 23.9. The van der Waals surface area contributed by atoms with Crippen LogP contribution in [-0.2, 0) is 14.2 Å². The molecule has 0 amide bonds. The van der Waals surface area contributed by atoms with E-state index in [0.29, 0.717) is 17.5 Å². The van der Waals surface area contributed by atoms with Gasteiger partial charge in [-0.25, -0.2) is 9.59 Å². The van der Waals surface area contributed by atoms with Crippen LogP contribution in [0, 0.1) is 0 Å². The Morgan fingerprint density at radius 1 is 1.00 bits per heavy atom. The van der Waals surface area contributed by atoms with Gasteiger partial charge in [-0.3, -0.25) is 0 Å². The predicted octanol–water partition coefficient (Wildman–Crippen LogP) is 3.88. The van der Waals surface area contributed by atoms with Crippen LogP contribution in [0.5, 0.6) is 0 Å². The van der Waals surface area contributed by atoms with E-state index in [0.717, 1.165) is 0 Å². The second kappa shape index (κ2) is 9.03. The van der Waals surface area contributed by atoms with Crippen molar-refractivity contribution < 1.29 is 23.8 Å². The molecule has 1 aliphatic rings. The Labute approximate surface area is 161 Å². The number of hydrogen-bond donors (Lipinski definition) is 0. The highest BCUT2D eigenvalue weighted by Crippen LogP contribution is 2.27. The van der Waals surface area contributed by atoms with E-state index in [4.69, 9.17) is 19.7 Å². The topological polar surface area (TPSA) is 111 Å². The van der Waals surface area contributed by atoms with Crippen LogP contribution in [0.1, 0.15) is 34.1 Å². The number of nitrogens with zero attached hydrogens (tertiary/aromatic N) is 3. The van der Waals surface area contributed by atoms with Gasteiger partial charge in [0.2, 0.25) is 6.29 Å². The molecule has 0 spiro atoms. The van der Waals surface area contributed by atoms with Gasteiger partial charge in [-0.2, -0.15) is 0 Å². The van der Waals surface area contributed by atoms with Crippen molar-refractivity contribution in [1.82, 2.24) is 0 Å². The summed E-state index contributed by atoms with van der Waals surface area (Å²) >= 11 is 0. The molecule has 0 N–H and O–H groups in total. The first kappa shape index (κ1) is 19.4. The van der Waals surface area contributed by atoms with E-state index in [9.17, 15) is 9.59 Å². The highest BCUT2D eigenvalue weighted by Gasteiger charge is 2.42. The molecule has 144 valence electrons. The van der Waals surface area contributed by atoms with Crippen molar-refractivity contribution >= 4 is 11.9 Å². The quantitative estimate of drug-likeness (QED) is 0.338. The highest BCUT2D eigenvalue weighted by atomic mass is 16.7. The van der Waals surface area contributed by atoms with Crippen molar-refractivity contribution in [1.29, 1.82) is 0 Å². The maximum absolute atomic E-state index is 12.5. The summed E-state index contributed by atoms with van der Waals surface area (Å²) in [5.74, 6) is -1.25. The van der Waals surface area contributed by atoms with E-state index in [1.165, 1.54) is 0 Å². The summed E-state index contributed by atoms with van der Waals surface area (Å²) in [6.07, 6.45) is -2.28. The minimum absolute atomic E-state index is 0.328. The minimum atomic E-state index is -1.19. The van der Waals surface area contributed by atoms with Crippen LogP contribution in [0.2, 0.25) is 0 Å². The van der Waals surface area contributed by atoms with Gasteiger partial charge in [0.25, 0.3) is 0 Å². The summed E-state index contributed by atoms with van der Waals surface area (Å²) < 4.78 is 16.7. The molecule has 0 aliphatic carbocycles. The second-order valence-electron chi connectivity index (χ2n) is 6.33. The smallest absolute Gasteiger partial charge is 0.340 e. The van der Waals surface area contributed by atoms with Crippen molar-refractivity contribution in [2.75, 3.05) is 0 Å². The molecule has 8 heteroatoms. The van der Waals surface area contributed by atoms with Gasteiger partial charge in [0.1, 0.15) is 0 Å². The fourth-order valence-corrected chi connectivity index (χ4v) is 2.94. The zero-order valence-corrected chi connectivity index (χ0v) is 15.2. The Morgan fingerprint density at radius 2 is 1.54 bits per heavy atom. The minimum Gasteiger partial charge on any atom is -0.452 e. The summed E-state index contributed by atoms with van der Waals surface area (Å²) in [4.78, 5) is 27.8. The largest absolute Gasteiger partial charge is 0.452 e. The molecule has 3 rings (SSSR count). The van der Waals surface area contributed by atoms with Gasteiger partial charge in [0, 0.05) is 4.91 Å². The third-order valence-electron chi connectivity index (χ3n) is 4.27. The molecule has 8 nitrogen and oxygen atoms in total. The lowest BCUT2D eigenvalue weighted by molar-refractivity contribution is -0.217. The fraction of sp³-hybridized carbons (Fsp3) is 0.300. The number of azide groups is 1. The van der Waals surface area contributed by atoms with Crippen molar-refractivity contribution in [3.8, 4) is 0 Å².